The second-order valence-electron chi connectivity index (χ2n) is 5.61. The third-order valence-electron chi connectivity index (χ3n) is 4.02. The Balaban J connectivity index is 1.85. The van der Waals surface area contributed by atoms with E-state index < -0.39 is 0 Å². The van der Waals surface area contributed by atoms with Crippen LogP contribution in [0.5, 0.6) is 0 Å². The number of nitrogens with zero attached hydrogens (tertiary/aromatic N) is 1. The number of piperidine rings is 1. The molecule has 0 aromatic heterocycles. The van der Waals surface area contributed by atoms with Gasteiger partial charge in [-0.1, -0.05) is 12.8 Å². The summed E-state index contributed by atoms with van der Waals surface area (Å²) < 4.78 is 0. The Morgan fingerprint density at radius 1 is 1.26 bits per heavy atom. The Morgan fingerprint density at radius 3 is 2.58 bits per heavy atom. The van der Waals surface area contributed by atoms with Crippen molar-refractivity contribution in [3.63, 3.8) is 0 Å². The average Bonchev–Trinajstić information content (AvgIpc) is 2.69. The molecular formula is C14H25N3O2. The molecule has 0 bridgehead atoms. The van der Waals surface area contributed by atoms with Crippen molar-refractivity contribution >= 4 is 11.8 Å². The zero-order valence-electron chi connectivity index (χ0n) is 11.8. The number of nitrogens with one attached hydrogen (secondary N) is 2. The first-order valence-corrected chi connectivity index (χ1v) is 7.51. The van der Waals surface area contributed by atoms with Gasteiger partial charge in [0.25, 0.3) is 0 Å². The van der Waals surface area contributed by atoms with Crippen LogP contribution < -0.4 is 10.6 Å². The van der Waals surface area contributed by atoms with Gasteiger partial charge in [-0.05, 0) is 32.6 Å². The van der Waals surface area contributed by atoms with Crippen LogP contribution in [0.1, 0.15) is 45.4 Å². The maximum atomic E-state index is 12.4. The molecule has 2 rings (SSSR count). The summed E-state index contributed by atoms with van der Waals surface area (Å²) in [5.74, 6) is 0.169. The predicted molar refractivity (Wildman–Crippen MR) is 73.7 cm³/mol. The van der Waals surface area contributed by atoms with Crippen LogP contribution in [0.4, 0.5) is 0 Å². The monoisotopic (exact) mass is 267 g/mol. The minimum Gasteiger partial charge on any atom is -0.355 e. The first-order valence-electron chi connectivity index (χ1n) is 7.51. The molecule has 5 nitrogen and oxygen atoms in total. The number of hydrogen-bond acceptors (Lipinski definition) is 3. The van der Waals surface area contributed by atoms with Crippen molar-refractivity contribution in [2.24, 2.45) is 0 Å². The Bertz CT molecular complexity index is 325. The standard InChI is InChI=1S/C14H25N3O2/c1-11(16-12-7-6-8-15-13(12)18)14(19)17-9-4-2-3-5-10-17/h11-12,16H,2-10H2,1H3,(H,15,18). The molecule has 0 aliphatic carbocycles. The third-order valence-corrected chi connectivity index (χ3v) is 4.02. The average molecular weight is 267 g/mol. The van der Waals surface area contributed by atoms with Crippen LogP contribution in [-0.4, -0.2) is 48.4 Å². The minimum atomic E-state index is -0.271. The van der Waals surface area contributed by atoms with Crippen molar-refractivity contribution in [1.29, 1.82) is 0 Å². The van der Waals surface area contributed by atoms with Crippen LogP contribution in [0.2, 0.25) is 0 Å². The lowest BCUT2D eigenvalue weighted by Gasteiger charge is -2.29. The van der Waals surface area contributed by atoms with Gasteiger partial charge >= 0.3 is 0 Å². The van der Waals surface area contributed by atoms with E-state index in [2.05, 4.69) is 10.6 Å². The largest absolute Gasteiger partial charge is 0.355 e. The van der Waals surface area contributed by atoms with E-state index in [0.717, 1.165) is 45.3 Å². The van der Waals surface area contributed by atoms with Gasteiger partial charge in [-0.15, -0.1) is 0 Å². The summed E-state index contributed by atoms with van der Waals surface area (Å²) in [6.45, 7) is 4.35. The molecule has 0 radical (unpaired) electrons. The third kappa shape index (κ3) is 3.93. The van der Waals surface area contributed by atoms with Crippen LogP contribution in [0.15, 0.2) is 0 Å². The zero-order valence-corrected chi connectivity index (χ0v) is 11.8. The van der Waals surface area contributed by atoms with Crippen LogP contribution in [0.3, 0.4) is 0 Å². The lowest BCUT2D eigenvalue weighted by Crippen LogP contribution is -2.55. The molecule has 0 aromatic carbocycles. The van der Waals surface area contributed by atoms with Gasteiger partial charge in [-0.2, -0.15) is 0 Å². The normalized spacial score (nSPS) is 26.5. The molecule has 2 amide bonds. The van der Waals surface area contributed by atoms with E-state index in [1.807, 2.05) is 11.8 Å². The fraction of sp³-hybridized carbons (Fsp3) is 0.857. The Hall–Kier alpha value is -1.10. The molecule has 108 valence electrons. The fourth-order valence-corrected chi connectivity index (χ4v) is 2.87. The van der Waals surface area contributed by atoms with Crippen molar-refractivity contribution in [2.45, 2.75) is 57.5 Å². The first kappa shape index (κ1) is 14.3. The molecule has 2 fully saturated rings. The molecule has 2 aliphatic rings. The topological polar surface area (TPSA) is 61.4 Å². The van der Waals surface area contributed by atoms with E-state index in [1.165, 1.54) is 12.8 Å². The van der Waals surface area contributed by atoms with Gasteiger partial charge in [-0.25, -0.2) is 0 Å². The summed E-state index contributed by atoms with van der Waals surface area (Å²) in [5.41, 5.74) is 0. The lowest BCUT2D eigenvalue weighted by atomic mass is 10.1. The van der Waals surface area contributed by atoms with Gasteiger partial charge < -0.3 is 10.2 Å². The second-order valence-corrected chi connectivity index (χ2v) is 5.61. The molecule has 5 heteroatoms. The highest BCUT2D eigenvalue weighted by Crippen LogP contribution is 2.11. The Kier molecular flexibility index (Phi) is 5.19. The first-order chi connectivity index (χ1) is 9.18. The van der Waals surface area contributed by atoms with Gasteiger partial charge in [0.05, 0.1) is 12.1 Å². The van der Waals surface area contributed by atoms with Crippen LogP contribution in [-0.2, 0) is 9.59 Å². The summed E-state index contributed by atoms with van der Waals surface area (Å²) in [4.78, 5) is 26.0. The van der Waals surface area contributed by atoms with E-state index in [9.17, 15) is 9.59 Å². The van der Waals surface area contributed by atoms with Crippen LogP contribution >= 0.6 is 0 Å². The number of carbonyl (C=O) groups excluding carboxylic acids is 2. The molecule has 0 saturated carbocycles. The molecule has 2 saturated heterocycles. The number of hydrogen-bond donors (Lipinski definition) is 2. The molecule has 2 heterocycles. The second kappa shape index (κ2) is 6.89. The van der Waals surface area contributed by atoms with Gasteiger partial charge in [0.15, 0.2) is 0 Å². The highest BCUT2D eigenvalue weighted by Gasteiger charge is 2.28. The highest BCUT2D eigenvalue weighted by molar-refractivity contribution is 5.85. The van der Waals surface area contributed by atoms with Crippen molar-refractivity contribution in [3.05, 3.63) is 0 Å². The predicted octanol–water partition coefficient (Wildman–Crippen LogP) is 0.646. The van der Waals surface area contributed by atoms with Gasteiger partial charge in [0.1, 0.15) is 0 Å². The highest BCUT2D eigenvalue weighted by atomic mass is 16.2. The van der Waals surface area contributed by atoms with E-state index in [-0.39, 0.29) is 23.9 Å². The van der Waals surface area contributed by atoms with Gasteiger partial charge in [0, 0.05) is 19.6 Å². The number of carbonyl (C=O) groups is 2. The van der Waals surface area contributed by atoms with E-state index in [0.29, 0.717) is 0 Å². The summed E-state index contributed by atoms with van der Waals surface area (Å²) in [7, 11) is 0. The van der Waals surface area contributed by atoms with E-state index >= 15 is 0 Å². The summed E-state index contributed by atoms with van der Waals surface area (Å²) in [6, 6.07) is -0.480. The van der Waals surface area contributed by atoms with E-state index in [4.69, 9.17) is 0 Å². The maximum Gasteiger partial charge on any atom is 0.239 e. The summed E-state index contributed by atoms with van der Waals surface area (Å²) in [5, 5.41) is 6.02. The van der Waals surface area contributed by atoms with Gasteiger partial charge in [-0.3, -0.25) is 14.9 Å². The Morgan fingerprint density at radius 2 is 1.95 bits per heavy atom. The van der Waals surface area contributed by atoms with Crippen molar-refractivity contribution < 1.29 is 9.59 Å². The minimum absolute atomic E-state index is 0.0294. The van der Waals surface area contributed by atoms with Crippen LogP contribution in [0.25, 0.3) is 0 Å². The smallest absolute Gasteiger partial charge is 0.239 e. The Labute approximate surface area is 115 Å². The van der Waals surface area contributed by atoms with Crippen LogP contribution in [0, 0.1) is 0 Å². The van der Waals surface area contributed by atoms with Crippen molar-refractivity contribution in [2.75, 3.05) is 19.6 Å². The van der Waals surface area contributed by atoms with Crippen molar-refractivity contribution in [3.8, 4) is 0 Å². The molecule has 0 aromatic rings. The summed E-state index contributed by atoms with van der Waals surface area (Å²) >= 11 is 0. The lowest BCUT2D eigenvalue weighted by molar-refractivity contribution is -0.133. The quantitative estimate of drug-likeness (QED) is 0.789. The molecule has 19 heavy (non-hydrogen) atoms. The molecule has 0 spiro atoms. The van der Waals surface area contributed by atoms with Gasteiger partial charge in [0.2, 0.25) is 11.8 Å². The number of rotatable bonds is 3. The number of likely N-dealkylation sites (tertiary alicyclic amines) is 1. The molecular weight excluding hydrogens is 242 g/mol. The zero-order chi connectivity index (χ0) is 13.7. The number of amides is 2. The van der Waals surface area contributed by atoms with E-state index in [1.54, 1.807) is 0 Å². The molecule has 2 aliphatic heterocycles. The summed E-state index contributed by atoms with van der Waals surface area (Å²) in [6.07, 6.45) is 6.44. The maximum absolute atomic E-state index is 12.4. The molecule has 2 atom stereocenters. The molecule has 2 unspecified atom stereocenters. The molecule has 2 N–H and O–H groups in total. The van der Waals surface area contributed by atoms with Crippen molar-refractivity contribution in [1.82, 2.24) is 15.5 Å². The fourth-order valence-electron chi connectivity index (χ4n) is 2.87. The SMILES string of the molecule is CC(NC1CCCNC1=O)C(=O)N1CCCCCC1.